The zero-order chi connectivity index (χ0) is 20.2. The van der Waals surface area contributed by atoms with Gasteiger partial charge in [0, 0.05) is 12.3 Å². The van der Waals surface area contributed by atoms with E-state index in [1.807, 2.05) is 0 Å². The molecule has 0 amide bonds. The van der Waals surface area contributed by atoms with Crippen LogP contribution in [0.1, 0.15) is 11.3 Å². The molecular weight excluding hydrogens is 393 g/mol. The van der Waals surface area contributed by atoms with Gasteiger partial charge in [-0.25, -0.2) is 8.42 Å². The highest BCUT2D eigenvalue weighted by atomic mass is 32.2. The second-order valence-electron chi connectivity index (χ2n) is 5.74. The van der Waals surface area contributed by atoms with E-state index in [-0.39, 0.29) is 12.3 Å². The van der Waals surface area contributed by atoms with Gasteiger partial charge in [0.1, 0.15) is 12.4 Å². The van der Waals surface area contributed by atoms with E-state index in [1.165, 1.54) is 24.3 Å². The molecular formula is C19H15F3N2O3S. The number of aromatic nitrogens is 1. The first kappa shape index (κ1) is 19.7. The fourth-order valence-electron chi connectivity index (χ4n) is 2.44. The highest BCUT2D eigenvalue weighted by Gasteiger charge is 2.36. The number of hydrogen-bond donors (Lipinski definition) is 1. The van der Waals surface area contributed by atoms with Gasteiger partial charge in [-0.2, -0.15) is 13.2 Å². The fraction of sp³-hybridized carbons (Fsp3) is 0.105. The van der Waals surface area contributed by atoms with Gasteiger partial charge >= 0.3 is 6.18 Å². The summed E-state index contributed by atoms with van der Waals surface area (Å²) in [6, 6.07) is 15.3. The topological polar surface area (TPSA) is 68.3 Å². The summed E-state index contributed by atoms with van der Waals surface area (Å²) < 4.78 is 72.1. The van der Waals surface area contributed by atoms with Gasteiger partial charge in [0.25, 0.3) is 10.0 Å². The van der Waals surface area contributed by atoms with Crippen LogP contribution in [0.2, 0.25) is 0 Å². The van der Waals surface area contributed by atoms with E-state index in [9.17, 15) is 21.6 Å². The van der Waals surface area contributed by atoms with Crippen molar-refractivity contribution in [2.24, 2.45) is 0 Å². The van der Waals surface area contributed by atoms with Crippen molar-refractivity contribution in [1.82, 2.24) is 4.98 Å². The Labute approximate surface area is 159 Å². The molecule has 0 saturated carbocycles. The minimum absolute atomic E-state index is 0.0792. The molecule has 0 radical (unpaired) electrons. The molecule has 3 rings (SSSR count). The summed E-state index contributed by atoms with van der Waals surface area (Å²) in [5.41, 5.74) is -0.479. The lowest BCUT2D eigenvalue weighted by Gasteiger charge is -2.15. The standard InChI is InChI=1S/C19H15F3N2O3S/c20-19(21,22)17-9-1-2-10-18(17)28(25,26)24-14-7-5-8-16(12-14)27-13-15-6-3-4-11-23-15/h1-12,24H,13H2. The van der Waals surface area contributed by atoms with Crippen LogP contribution < -0.4 is 9.46 Å². The Bertz CT molecular complexity index is 1060. The summed E-state index contributed by atoms with van der Waals surface area (Å²) in [5.74, 6) is 0.343. The lowest BCUT2D eigenvalue weighted by molar-refractivity contribution is -0.139. The number of anilines is 1. The first-order valence-corrected chi connectivity index (χ1v) is 9.56. The van der Waals surface area contributed by atoms with Crippen molar-refractivity contribution in [1.29, 1.82) is 0 Å². The van der Waals surface area contributed by atoms with Crippen molar-refractivity contribution in [2.45, 2.75) is 17.7 Å². The van der Waals surface area contributed by atoms with E-state index in [0.717, 1.165) is 18.2 Å². The summed E-state index contributed by atoms with van der Waals surface area (Å²) >= 11 is 0. The van der Waals surface area contributed by atoms with Crippen LogP contribution in [-0.4, -0.2) is 13.4 Å². The molecule has 0 bridgehead atoms. The number of rotatable bonds is 6. The van der Waals surface area contributed by atoms with Crippen molar-refractivity contribution in [3.63, 3.8) is 0 Å². The Morgan fingerprint density at radius 3 is 2.43 bits per heavy atom. The maximum absolute atomic E-state index is 13.1. The maximum atomic E-state index is 13.1. The summed E-state index contributed by atoms with van der Waals surface area (Å²) in [7, 11) is -4.45. The van der Waals surface area contributed by atoms with Crippen molar-refractivity contribution >= 4 is 15.7 Å². The third-order valence-electron chi connectivity index (χ3n) is 3.68. The van der Waals surface area contributed by atoms with Gasteiger partial charge in [-0.1, -0.05) is 24.3 Å². The van der Waals surface area contributed by atoms with Crippen LogP contribution in [0.5, 0.6) is 5.75 Å². The van der Waals surface area contributed by atoms with E-state index in [4.69, 9.17) is 4.74 Å². The lowest BCUT2D eigenvalue weighted by Crippen LogP contribution is -2.18. The Hall–Kier alpha value is -3.07. The Morgan fingerprint density at radius 2 is 1.71 bits per heavy atom. The number of sulfonamides is 1. The van der Waals surface area contributed by atoms with Crippen molar-refractivity contribution < 1.29 is 26.3 Å². The molecule has 0 unspecified atom stereocenters. The van der Waals surface area contributed by atoms with Crippen LogP contribution in [-0.2, 0) is 22.8 Å². The molecule has 0 fully saturated rings. The lowest BCUT2D eigenvalue weighted by atomic mass is 10.2. The summed E-state index contributed by atoms with van der Waals surface area (Å²) in [5, 5.41) is 0. The Balaban J connectivity index is 1.80. The zero-order valence-corrected chi connectivity index (χ0v) is 15.2. The summed E-state index contributed by atoms with van der Waals surface area (Å²) in [6.45, 7) is 0.161. The predicted molar refractivity (Wildman–Crippen MR) is 97.3 cm³/mol. The van der Waals surface area contributed by atoms with Gasteiger partial charge in [-0.05, 0) is 36.4 Å². The molecule has 0 aliphatic heterocycles. The number of benzene rings is 2. The van der Waals surface area contributed by atoms with Crippen LogP contribution in [0.15, 0.2) is 77.8 Å². The number of nitrogens with one attached hydrogen (secondary N) is 1. The highest BCUT2D eigenvalue weighted by Crippen LogP contribution is 2.34. The van der Waals surface area contributed by atoms with Crippen molar-refractivity contribution in [3.05, 3.63) is 84.2 Å². The van der Waals surface area contributed by atoms with Crippen LogP contribution in [0.3, 0.4) is 0 Å². The molecule has 0 aliphatic carbocycles. The smallest absolute Gasteiger partial charge is 0.417 e. The molecule has 2 aromatic carbocycles. The first-order chi connectivity index (χ1) is 13.3. The third-order valence-corrected chi connectivity index (χ3v) is 5.12. The average Bonchev–Trinajstić information content (AvgIpc) is 2.66. The number of hydrogen-bond acceptors (Lipinski definition) is 4. The molecule has 1 N–H and O–H groups in total. The zero-order valence-electron chi connectivity index (χ0n) is 14.3. The van der Waals surface area contributed by atoms with Crippen LogP contribution in [0, 0.1) is 0 Å². The minimum Gasteiger partial charge on any atom is -0.487 e. The molecule has 28 heavy (non-hydrogen) atoms. The molecule has 1 heterocycles. The Kier molecular flexibility index (Phi) is 5.55. The van der Waals surface area contributed by atoms with Gasteiger partial charge in [0.2, 0.25) is 0 Å². The van der Waals surface area contributed by atoms with Crippen LogP contribution in [0.4, 0.5) is 18.9 Å². The number of ether oxygens (including phenoxy) is 1. The van der Waals surface area contributed by atoms with Gasteiger partial charge in [-0.3, -0.25) is 9.71 Å². The molecule has 3 aromatic rings. The second-order valence-corrected chi connectivity index (χ2v) is 7.39. The predicted octanol–water partition coefficient (Wildman–Crippen LogP) is 4.48. The number of alkyl halides is 3. The molecule has 9 heteroatoms. The normalized spacial score (nSPS) is 11.8. The fourth-order valence-corrected chi connectivity index (χ4v) is 3.71. The molecule has 5 nitrogen and oxygen atoms in total. The van der Waals surface area contributed by atoms with Gasteiger partial charge in [-0.15, -0.1) is 0 Å². The molecule has 0 aliphatic rings. The quantitative estimate of drug-likeness (QED) is 0.653. The van der Waals surface area contributed by atoms with E-state index < -0.39 is 26.7 Å². The van der Waals surface area contributed by atoms with Gasteiger partial charge in [0.15, 0.2) is 0 Å². The van der Waals surface area contributed by atoms with Crippen molar-refractivity contribution in [2.75, 3.05) is 4.72 Å². The first-order valence-electron chi connectivity index (χ1n) is 8.07. The van der Waals surface area contributed by atoms with Crippen molar-refractivity contribution in [3.8, 4) is 5.75 Å². The Morgan fingerprint density at radius 1 is 0.964 bits per heavy atom. The number of nitrogens with zero attached hydrogens (tertiary/aromatic N) is 1. The number of halogens is 3. The van der Waals surface area contributed by atoms with Crippen LogP contribution in [0.25, 0.3) is 0 Å². The van der Waals surface area contributed by atoms with Gasteiger partial charge in [0.05, 0.1) is 21.8 Å². The molecule has 1 aromatic heterocycles. The largest absolute Gasteiger partial charge is 0.487 e. The van der Waals surface area contributed by atoms with E-state index >= 15 is 0 Å². The number of pyridine rings is 1. The van der Waals surface area contributed by atoms with Gasteiger partial charge < -0.3 is 4.74 Å². The van der Waals surface area contributed by atoms with E-state index in [2.05, 4.69) is 9.71 Å². The summed E-state index contributed by atoms with van der Waals surface area (Å²) in [6.07, 6.45) is -3.18. The average molecular weight is 408 g/mol. The monoisotopic (exact) mass is 408 g/mol. The van der Waals surface area contributed by atoms with E-state index in [1.54, 1.807) is 30.5 Å². The highest BCUT2D eigenvalue weighted by molar-refractivity contribution is 7.92. The third kappa shape index (κ3) is 4.80. The minimum atomic E-state index is -4.79. The van der Waals surface area contributed by atoms with E-state index in [0.29, 0.717) is 11.4 Å². The second kappa shape index (κ2) is 7.89. The maximum Gasteiger partial charge on any atom is 0.417 e. The molecule has 0 spiro atoms. The van der Waals surface area contributed by atoms with Crippen LogP contribution >= 0.6 is 0 Å². The summed E-state index contributed by atoms with van der Waals surface area (Å²) in [4.78, 5) is 3.26. The molecule has 0 atom stereocenters. The molecule has 146 valence electrons. The molecule has 0 saturated heterocycles. The SMILES string of the molecule is O=S(=O)(Nc1cccc(OCc2ccccn2)c1)c1ccccc1C(F)(F)F.